The Kier molecular flexibility index (Phi) is 6.01. The third kappa shape index (κ3) is 5.44. The van der Waals surface area contributed by atoms with Gasteiger partial charge in [-0.05, 0) is 18.2 Å². The number of hydrogen-bond acceptors (Lipinski definition) is 6. The molecule has 0 aliphatic carbocycles. The molecule has 0 saturated heterocycles. The van der Waals surface area contributed by atoms with Crippen LogP contribution in [0.3, 0.4) is 0 Å². The minimum Gasteiger partial charge on any atom is -0.486 e. The summed E-state index contributed by atoms with van der Waals surface area (Å²) in [6.07, 6.45) is -4.81. The van der Waals surface area contributed by atoms with E-state index in [0.717, 1.165) is 23.7 Å². The highest BCUT2D eigenvalue weighted by Gasteiger charge is 2.30. The molecule has 12 heteroatoms. The lowest BCUT2D eigenvalue weighted by atomic mass is 10.1. The molecule has 0 bridgehead atoms. The first kappa shape index (κ1) is 20.6. The Morgan fingerprint density at radius 1 is 1.21 bits per heavy atom. The SMILES string of the molecule is O=C(Nc1nc(-c2cccc(C(F)(F)F)c2)ns1)c1cncc(OCC(F)F)c1. The number of nitrogens with zero attached hydrogens (tertiary/aromatic N) is 3. The van der Waals surface area contributed by atoms with Crippen LogP contribution in [-0.2, 0) is 6.18 Å². The van der Waals surface area contributed by atoms with Crippen molar-refractivity contribution >= 4 is 22.6 Å². The number of amides is 1. The summed E-state index contributed by atoms with van der Waals surface area (Å²) in [4.78, 5) is 20.0. The van der Waals surface area contributed by atoms with Crippen molar-refractivity contribution in [3.63, 3.8) is 0 Å². The highest BCUT2D eigenvalue weighted by Crippen LogP contribution is 2.32. The second-order valence-corrected chi connectivity index (χ2v) is 6.32. The van der Waals surface area contributed by atoms with Crippen molar-refractivity contribution < 1.29 is 31.5 Å². The molecule has 0 fully saturated rings. The smallest absolute Gasteiger partial charge is 0.416 e. The van der Waals surface area contributed by atoms with E-state index in [9.17, 15) is 26.7 Å². The molecule has 0 spiro atoms. The summed E-state index contributed by atoms with van der Waals surface area (Å²) in [5.74, 6) is -0.657. The van der Waals surface area contributed by atoms with Gasteiger partial charge in [0.25, 0.3) is 12.3 Å². The Balaban J connectivity index is 1.72. The maximum absolute atomic E-state index is 12.8. The first-order chi connectivity index (χ1) is 13.7. The predicted octanol–water partition coefficient (Wildman–Crippen LogP) is 4.52. The number of carbonyl (C=O) groups is 1. The zero-order valence-corrected chi connectivity index (χ0v) is 15.1. The number of anilines is 1. The van der Waals surface area contributed by atoms with E-state index in [0.29, 0.717) is 0 Å². The van der Waals surface area contributed by atoms with Crippen LogP contribution >= 0.6 is 11.5 Å². The monoisotopic (exact) mass is 430 g/mol. The van der Waals surface area contributed by atoms with E-state index in [1.807, 2.05) is 0 Å². The van der Waals surface area contributed by atoms with Crippen molar-refractivity contribution in [2.75, 3.05) is 11.9 Å². The molecule has 1 N–H and O–H groups in total. The van der Waals surface area contributed by atoms with Crippen LogP contribution in [0.15, 0.2) is 42.7 Å². The first-order valence-electron chi connectivity index (χ1n) is 7.91. The number of ether oxygens (including phenoxy) is 1. The molecule has 1 amide bonds. The van der Waals surface area contributed by atoms with Crippen molar-refractivity contribution in [2.24, 2.45) is 0 Å². The highest BCUT2D eigenvalue weighted by atomic mass is 32.1. The van der Waals surface area contributed by atoms with Crippen LogP contribution in [0.1, 0.15) is 15.9 Å². The summed E-state index contributed by atoms with van der Waals surface area (Å²) >= 11 is 0.774. The van der Waals surface area contributed by atoms with Gasteiger partial charge in [-0.25, -0.2) is 8.78 Å². The largest absolute Gasteiger partial charge is 0.486 e. The van der Waals surface area contributed by atoms with Gasteiger partial charge in [0.05, 0.1) is 17.3 Å². The molecular formula is C17H11F5N4O2S. The molecule has 0 atom stereocenters. The number of carbonyl (C=O) groups excluding carboxylic acids is 1. The van der Waals surface area contributed by atoms with Crippen molar-refractivity contribution in [3.05, 3.63) is 53.9 Å². The molecule has 0 aliphatic heterocycles. The number of pyridine rings is 1. The molecule has 3 rings (SSSR count). The topological polar surface area (TPSA) is 77.0 Å². The number of alkyl halides is 5. The third-order valence-corrected chi connectivity index (χ3v) is 4.08. The molecular weight excluding hydrogens is 419 g/mol. The minimum atomic E-state index is -4.51. The number of aromatic nitrogens is 3. The quantitative estimate of drug-likeness (QED) is 0.582. The Labute approximate surface area is 164 Å². The van der Waals surface area contributed by atoms with Crippen molar-refractivity contribution in [1.82, 2.24) is 14.3 Å². The number of benzene rings is 1. The fourth-order valence-corrected chi connectivity index (χ4v) is 2.76. The summed E-state index contributed by atoms with van der Waals surface area (Å²) in [6, 6.07) is 5.69. The van der Waals surface area contributed by atoms with Crippen molar-refractivity contribution in [1.29, 1.82) is 0 Å². The van der Waals surface area contributed by atoms with E-state index in [2.05, 4.69) is 19.7 Å². The molecule has 6 nitrogen and oxygen atoms in total. The molecule has 3 aromatic rings. The maximum atomic E-state index is 12.8. The molecule has 0 unspecified atom stereocenters. The van der Waals surface area contributed by atoms with Crippen molar-refractivity contribution in [3.8, 4) is 17.1 Å². The molecule has 2 heterocycles. The Morgan fingerprint density at radius 2 is 2.00 bits per heavy atom. The fourth-order valence-electron chi connectivity index (χ4n) is 2.18. The average molecular weight is 430 g/mol. The summed E-state index contributed by atoms with van der Waals surface area (Å²) < 4.78 is 71.6. The van der Waals surface area contributed by atoms with Crippen LogP contribution in [0, 0.1) is 0 Å². The number of nitrogens with one attached hydrogen (secondary N) is 1. The third-order valence-electron chi connectivity index (χ3n) is 3.45. The van der Waals surface area contributed by atoms with Gasteiger partial charge in [-0.15, -0.1) is 0 Å². The van der Waals surface area contributed by atoms with Crippen LogP contribution in [0.4, 0.5) is 27.1 Å². The predicted molar refractivity (Wildman–Crippen MR) is 94.0 cm³/mol. The molecule has 0 radical (unpaired) electrons. The summed E-state index contributed by atoms with van der Waals surface area (Å²) in [5.41, 5.74) is -0.685. The van der Waals surface area contributed by atoms with E-state index in [4.69, 9.17) is 4.74 Å². The molecule has 0 aliphatic rings. The molecule has 0 saturated carbocycles. The average Bonchev–Trinajstić information content (AvgIpc) is 3.14. The zero-order valence-electron chi connectivity index (χ0n) is 14.3. The van der Waals surface area contributed by atoms with E-state index < -0.39 is 30.7 Å². The molecule has 29 heavy (non-hydrogen) atoms. The minimum absolute atomic E-state index is 0.0140. The number of hydrogen-bond donors (Lipinski definition) is 1. The van der Waals surface area contributed by atoms with Crippen LogP contribution in [-0.4, -0.2) is 33.3 Å². The van der Waals surface area contributed by atoms with Gasteiger partial charge in [-0.3, -0.25) is 15.1 Å². The molecule has 2 aromatic heterocycles. The van der Waals surface area contributed by atoms with Gasteiger partial charge < -0.3 is 4.74 Å². The molecule has 152 valence electrons. The van der Waals surface area contributed by atoms with Gasteiger partial charge in [0.1, 0.15) is 12.4 Å². The van der Waals surface area contributed by atoms with Gasteiger partial charge in [0, 0.05) is 23.3 Å². The summed E-state index contributed by atoms with van der Waals surface area (Å²) in [5, 5.41) is 2.47. The standard InChI is InChI=1S/C17H11F5N4O2S/c18-13(19)8-28-12-5-10(6-23-7-12)15(27)25-16-24-14(26-29-16)9-2-1-3-11(4-9)17(20,21)22/h1-7,13H,8H2,(H,24,25,26,27). The Bertz CT molecular complexity index is 1010. The van der Waals surface area contributed by atoms with Crippen LogP contribution in [0.25, 0.3) is 11.4 Å². The highest BCUT2D eigenvalue weighted by molar-refractivity contribution is 7.10. The normalized spacial score (nSPS) is 11.5. The van der Waals surface area contributed by atoms with E-state index in [1.165, 1.54) is 30.6 Å². The Morgan fingerprint density at radius 3 is 2.72 bits per heavy atom. The van der Waals surface area contributed by atoms with E-state index in [-0.39, 0.29) is 27.8 Å². The maximum Gasteiger partial charge on any atom is 0.416 e. The zero-order chi connectivity index (χ0) is 21.0. The van der Waals surface area contributed by atoms with Crippen molar-refractivity contribution in [2.45, 2.75) is 12.6 Å². The van der Waals surface area contributed by atoms with E-state index >= 15 is 0 Å². The fraction of sp³-hybridized carbons (Fsp3) is 0.176. The van der Waals surface area contributed by atoms with Crippen LogP contribution < -0.4 is 10.1 Å². The van der Waals surface area contributed by atoms with Gasteiger partial charge >= 0.3 is 6.18 Å². The second kappa shape index (κ2) is 8.47. The van der Waals surface area contributed by atoms with E-state index in [1.54, 1.807) is 0 Å². The van der Waals surface area contributed by atoms with Crippen LogP contribution in [0.2, 0.25) is 0 Å². The molecule has 1 aromatic carbocycles. The van der Waals surface area contributed by atoms with Gasteiger partial charge in [-0.1, -0.05) is 12.1 Å². The second-order valence-electron chi connectivity index (χ2n) is 5.57. The van der Waals surface area contributed by atoms with Gasteiger partial charge in [0.15, 0.2) is 5.82 Å². The first-order valence-corrected chi connectivity index (χ1v) is 8.68. The lowest BCUT2D eigenvalue weighted by Gasteiger charge is -2.07. The summed E-state index contributed by atoms with van der Waals surface area (Å²) in [6.45, 7) is -0.844. The summed E-state index contributed by atoms with van der Waals surface area (Å²) in [7, 11) is 0. The number of halogens is 5. The van der Waals surface area contributed by atoms with Crippen LogP contribution in [0.5, 0.6) is 5.75 Å². The number of rotatable bonds is 6. The Hall–Kier alpha value is -3.15. The van der Waals surface area contributed by atoms with Gasteiger partial charge in [0.2, 0.25) is 5.13 Å². The lowest BCUT2D eigenvalue weighted by molar-refractivity contribution is -0.137. The lowest BCUT2D eigenvalue weighted by Crippen LogP contribution is -2.13. The van der Waals surface area contributed by atoms with Gasteiger partial charge in [-0.2, -0.15) is 22.5 Å².